The van der Waals surface area contributed by atoms with Gasteiger partial charge in [0.05, 0.1) is 11.7 Å². The second-order valence-electron chi connectivity index (χ2n) is 7.81. The van der Waals surface area contributed by atoms with E-state index in [0.717, 1.165) is 23.2 Å². The quantitative estimate of drug-likeness (QED) is 0.485. The lowest BCUT2D eigenvalue weighted by Gasteiger charge is -2.22. The first kappa shape index (κ1) is 24.2. The van der Waals surface area contributed by atoms with E-state index in [2.05, 4.69) is 25.3 Å². The molecule has 1 N–H and O–H groups in total. The highest BCUT2D eigenvalue weighted by Gasteiger charge is 2.39. The molecule has 0 aromatic carbocycles. The van der Waals surface area contributed by atoms with E-state index in [1.54, 1.807) is 6.92 Å². The van der Waals surface area contributed by atoms with Crippen molar-refractivity contribution in [2.75, 3.05) is 16.8 Å². The minimum Gasteiger partial charge on any atom is -0.447 e. The fourth-order valence-electron chi connectivity index (χ4n) is 3.54. The highest BCUT2D eigenvalue weighted by atomic mass is 19.4. The van der Waals surface area contributed by atoms with Gasteiger partial charge in [-0.15, -0.1) is 0 Å². The van der Waals surface area contributed by atoms with Crippen LogP contribution in [0.4, 0.5) is 38.5 Å². The Hall–Kier alpha value is -3.90. The topological polar surface area (TPSA) is 93.1 Å². The third kappa shape index (κ3) is 5.12. The Morgan fingerprint density at radius 2 is 1.86 bits per heavy atom. The average molecular weight is 494 g/mol. The molecule has 13 heteroatoms. The lowest BCUT2D eigenvalue weighted by atomic mass is 10.1. The molecule has 1 aliphatic heterocycles. The molecule has 0 radical (unpaired) electrons. The summed E-state index contributed by atoms with van der Waals surface area (Å²) >= 11 is 0. The van der Waals surface area contributed by atoms with Gasteiger partial charge in [-0.2, -0.15) is 18.2 Å². The SMILES string of the molecule is C[C@H](Nc1nccc(N2C(=O)OCC2[C@H](C)F)n1)c1ncc(-c2ccnc(C(F)(F)F)c2)cc1F. The molecule has 8 nitrogen and oxygen atoms in total. The molecule has 1 fully saturated rings. The maximum absolute atomic E-state index is 14.8. The minimum atomic E-state index is -4.64. The number of ether oxygens (including phenoxy) is 1. The number of nitrogens with zero attached hydrogens (tertiary/aromatic N) is 5. The molecule has 0 saturated carbocycles. The predicted molar refractivity (Wildman–Crippen MR) is 115 cm³/mol. The minimum absolute atomic E-state index is 0.0224. The van der Waals surface area contributed by atoms with Crippen molar-refractivity contribution >= 4 is 17.9 Å². The normalized spacial score (nSPS) is 17.7. The molecule has 1 amide bonds. The van der Waals surface area contributed by atoms with Gasteiger partial charge in [-0.05, 0) is 43.7 Å². The lowest BCUT2D eigenvalue weighted by molar-refractivity contribution is -0.141. The molecule has 4 heterocycles. The van der Waals surface area contributed by atoms with Crippen LogP contribution >= 0.6 is 0 Å². The van der Waals surface area contributed by atoms with Crippen molar-refractivity contribution in [3.05, 3.63) is 60.1 Å². The van der Waals surface area contributed by atoms with Crippen molar-refractivity contribution in [2.45, 2.75) is 38.3 Å². The highest BCUT2D eigenvalue weighted by Crippen LogP contribution is 2.31. The van der Waals surface area contributed by atoms with Gasteiger partial charge in [0.15, 0.2) is 0 Å². The Labute approximate surface area is 196 Å². The van der Waals surface area contributed by atoms with Crippen LogP contribution in [0.15, 0.2) is 42.9 Å². The number of hydrogen-bond acceptors (Lipinski definition) is 7. The van der Waals surface area contributed by atoms with Crippen LogP contribution in [0.1, 0.15) is 31.3 Å². The first-order valence-corrected chi connectivity index (χ1v) is 10.4. The monoisotopic (exact) mass is 494 g/mol. The van der Waals surface area contributed by atoms with Gasteiger partial charge in [-0.3, -0.25) is 14.9 Å². The Morgan fingerprint density at radius 1 is 1.11 bits per heavy atom. The molecule has 0 spiro atoms. The predicted octanol–water partition coefficient (Wildman–Crippen LogP) is 4.95. The van der Waals surface area contributed by atoms with Crippen molar-refractivity contribution < 1.29 is 31.5 Å². The van der Waals surface area contributed by atoms with Gasteiger partial charge in [0, 0.05) is 24.2 Å². The number of aromatic nitrogens is 4. The smallest absolute Gasteiger partial charge is 0.433 e. The number of hydrogen-bond donors (Lipinski definition) is 1. The summed E-state index contributed by atoms with van der Waals surface area (Å²) in [5.74, 6) is -0.638. The number of alkyl halides is 4. The fraction of sp³-hybridized carbons (Fsp3) is 0.318. The zero-order chi connectivity index (χ0) is 25.3. The highest BCUT2D eigenvalue weighted by molar-refractivity contribution is 5.89. The van der Waals surface area contributed by atoms with Crippen LogP contribution < -0.4 is 10.2 Å². The van der Waals surface area contributed by atoms with Crippen molar-refractivity contribution in [3.63, 3.8) is 0 Å². The largest absolute Gasteiger partial charge is 0.447 e. The van der Waals surface area contributed by atoms with Crippen LogP contribution in [0, 0.1) is 5.82 Å². The molecular weight excluding hydrogens is 475 g/mol. The molecule has 3 atom stereocenters. The molecular formula is C22H19F5N6O2. The number of anilines is 2. The summed E-state index contributed by atoms with van der Waals surface area (Å²) in [5, 5.41) is 2.85. The summed E-state index contributed by atoms with van der Waals surface area (Å²) in [5.41, 5.74) is -0.888. The fourth-order valence-corrected chi connectivity index (χ4v) is 3.54. The van der Waals surface area contributed by atoms with Gasteiger partial charge in [-0.1, -0.05) is 0 Å². The van der Waals surface area contributed by atoms with Gasteiger partial charge in [0.25, 0.3) is 0 Å². The van der Waals surface area contributed by atoms with Gasteiger partial charge < -0.3 is 10.1 Å². The number of carbonyl (C=O) groups excluding carboxylic acids is 1. The van der Waals surface area contributed by atoms with Crippen LogP contribution in [0.3, 0.4) is 0 Å². The van der Waals surface area contributed by atoms with Crippen LogP contribution in [-0.4, -0.2) is 44.8 Å². The number of amides is 1. The van der Waals surface area contributed by atoms with E-state index in [1.165, 1.54) is 31.5 Å². The standard InChI is InChI=1S/C22H19F5N6O2/c1-11(23)16-10-35-21(34)33(16)18-4-6-29-20(32-18)31-12(2)19-15(24)7-14(9-30-19)13-3-5-28-17(8-13)22(25,26)27/h3-9,11-12,16H,10H2,1-2H3,(H,29,31,32)/t11-,12-,16?/m0/s1. The first-order valence-electron chi connectivity index (χ1n) is 10.4. The number of rotatable bonds is 6. The lowest BCUT2D eigenvalue weighted by Crippen LogP contribution is -2.39. The van der Waals surface area contributed by atoms with E-state index in [1.807, 2.05) is 0 Å². The van der Waals surface area contributed by atoms with Gasteiger partial charge in [0.2, 0.25) is 5.95 Å². The molecule has 184 valence electrons. The Morgan fingerprint density at radius 3 is 2.54 bits per heavy atom. The maximum Gasteiger partial charge on any atom is 0.433 e. The summed E-state index contributed by atoms with van der Waals surface area (Å²) in [6.07, 6.45) is -3.17. The summed E-state index contributed by atoms with van der Waals surface area (Å²) in [6, 6.07) is 3.01. The molecule has 3 aromatic heterocycles. The number of nitrogens with one attached hydrogen (secondary N) is 1. The molecule has 35 heavy (non-hydrogen) atoms. The summed E-state index contributed by atoms with van der Waals surface area (Å²) in [6.45, 7) is 2.75. The molecule has 1 unspecified atom stereocenters. The molecule has 0 aliphatic carbocycles. The van der Waals surface area contributed by atoms with E-state index >= 15 is 0 Å². The number of cyclic esters (lactones) is 1. The Bertz CT molecular complexity index is 1240. The number of pyridine rings is 2. The molecule has 0 bridgehead atoms. The van der Waals surface area contributed by atoms with E-state index in [4.69, 9.17) is 4.74 Å². The molecule has 1 aliphatic rings. The summed E-state index contributed by atoms with van der Waals surface area (Å²) < 4.78 is 72.4. The summed E-state index contributed by atoms with van der Waals surface area (Å²) in [7, 11) is 0. The molecule has 3 aromatic rings. The number of carbonyl (C=O) groups is 1. The van der Waals surface area contributed by atoms with E-state index in [0.29, 0.717) is 0 Å². The third-order valence-electron chi connectivity index (χ3n) is 5.33. The van der Waals surface area contributed by atoms with Crippen molar-refractivity contribution in [2.24, 2.45) is 0 Å². The molecule has 4 rings (SSSR count). The van der Waals surface area contributed by atoms with Crippen LogP contribution in [-0.2, 0) is 10.9 Å². The second kappa shape index (κ2) is 9.39. The van der Waals surface area contributed by atoms with E-state index in [9.17, 15) is 26.7 Å². The second-order valence-corrected chi connectivity index (χ2v) is 7.81. The third-order valence-corrected chi connectivity index (χ3v) is 5.33. The Balaban J connectivity index is 1.54. The first-order chi connectivity index (χ1) is 16.5. The maximum atomic E-state index is 14.8. The average Bonchev–Trinajstić information content (AvgIpc) is 3.20. The number of halogens is 5. The Kier molecular flexibility index (Phi) is 6.50. The zero-order valence-electron chi connectivity index (χ0n) is 18.4. The van der Waals surface area contributed by atoms with Gasteiger partial charge in [0.1, 0.15) is 36.1 Å². The zero-order valence-corrected chi connectivity index (χ0v) is 18.4. The van der Waals surface area contributed by atoms with Crippen molar-refractivity contribution in [1.29, 1.82) is 0 Å². The summed E-state index contributed by atoms with van der Waals surface area (Å²) in [4.78, 5) is 28.7. The molecule has 1 saturated heterocycles. The van der Waals surface area contributed by atoms with Gasteiger partial charge in [-0.25, -0.2) is 18.6 Å². The van der Waals surface area contributed by atoms with Crippen LogP contribution in [0.5, 0.6) is 0 Å². The van der Waals surface area contributed by atoms with Crippen LogP contribution in [0.25, 0.3) is 11.1 Å². The van der Waals surface area contributed by atoms with E-state index in [-0.39, 0.29) is 35.2 Å². The van der Waals surface area contributed by atoms with Crippen molar-refractivity contribution in [3.8, 4) is 11.1 Å². The van der Waals surface area contributed by atoms with Crippen molar-refractivity contribution in [1.82, 2.24) is 19.9 Å². The van der Waals surface area contributed by atoms with Crippen LogP contribution in [0.2, 0.25) is 0 Å². The van der Waals surface area contributed by atoms with Gasteiger partial charge >= 0.3 is 12.3 Å². The van der Waals surface area contributed by atoms with E-state index < -0.39 is 42.0 Å².